The average Bonchev–Trinajstić information content (AvgIpc) is 3.33. The van der Waals surface area contributed by atoms with Crippen LogP contribution in [0.15, 0.2) is 48.9 Å². The van der Waals surface area contributed by atoms with E-state index >= 15 is 0 Å². The molecule has 5 rings (SSSR count). The van der Waals surface area contributed by atoms with Crippen molar-refractivity contribution < 1.29 is 23.1 Å². The highest BCUT2D eigenvalue weighted by atomic mass is 19.3. The maximum absolute atomic E-state index is 14.5. The average molecular weight is 452 g/mol. The lowest BCUT2D eigenvalue weighted by Gasteiger charge is -2.18. The quantitative estimate of drug-likeness (QED) is 0.428. The number of aryl methyl sites for hydroxylation is 1. The molecule has 1 aliphatic carbocycles. The zero-order chi connectivity index (χ0) is 23.3. The zero-order valence-electron chi connectivity index (χ0n) is 17.4. The number of H-pyrrole nitrogens is 1. The predicted molar refractivity (Wildman–Crippen MR) is 115 cm³/mol. The molecule has 3 N–H and O–H groups in total. The molecule has 0 bridgehead atoms. The minimum Gasteiger partial charge on any atom is -0.390 e. The van der Waals surface area contributed by atoms with E-state index in [9.17, 15) is 23.1 Å². The molecular formula is C24H19F3N4O2. The van der Waals surface area contributed by atoms with Crippen LogP contribution in [-0.4, -0.2) is 32.1 Å². The van der Waals surface area contributed by atoms with E-state index in [2.05, 4.69) is 20.3 Å². The molecular weight excluding hydrogens is 433 g/mol. The van der Waals surface area contributed by atoms with Crippen LogP contribution in [0.25, 0.3) is 22.3 Å². The van der Waals surface area contributed by atoms with E-state index in [1.807, 2.05) is 19.2 Å². The Kier molecular flexibility index (Phi) is 5.13. The molecule has 1 aliphatic rings. The Morgan fingerprint density at radius 3 is 2.79 bits per heavy atom. The lowest BCUT2D eigenvalue weighted by molar-refractivity contribution is 0.0855. The minimum atomic E-state index is -2.82. The van der Waals surface area contributed by atoms with Crippen LogP contribution in [0.3, 0.4) is 0 Å². The van der Waals surface area contributed by atoms with Crippen molar-refractivity contribution in [2.75, 3.05) is 0 Å². The number of pyridine rings is 2. The van der Waals surface area contributed by atoms with Crippen molar-refractivity contribution in [3.05, 3.63) is 82.6 Å². The molecule has 0 radical (unpaired) electrons. The van der Waals surface area contributed by atoms with Crippen molar-refractivity contribution >= 4 is 16.9 Å². The SMILES string of the molecule is Cc1c[nH]c2nccc(-c3ccc(C(=O)NC4c5c(F)cc(C(F)F)cc5CC4O)cn3)c12. The molecule has 0 spiro atoms. The molecule has 168 valence electrons. The second-order valence-corrected chi connectivity index (χ2v) is 8.08. The summed E-state index contributed by atoms with van der Waals surface area (Å²) in [6.45, 7) is 1.96. The Balaban J connectivity index is 1.40. The fraction of sp³-hybridized carbons (Fsp3) is 0.208. The van der Waals surface area contributed by atoms with Crippen molar-refractivity contribution in [3.8, 4) is 11.3 Å². The normalized spacial score (nSPS) is 17.5. The second kappa shape index (κ2) is 8.00. The smallest absolute Gasteiger partial charge is 0.263 e. The van der Waals surface area contributed by atoms with E-state index in [0.717, 1.165) is 28.2 Å². The topological polar surface area (TPSA) is 90.9 Å². The molecule has 2 unspecified atom stereocenters. The van der Waals surface area contributed by atoms with Gasteiger partial charge in [0.15, 0.2) is 0 Å². The first-order chi connectivity index (χ1) is 15.8. The van der Waals surface area contributed by atoms with Crippen LogP contribution in [0.4, 0.5) is 13.2 Å². The van der Waals surface area contributed by atoms with Gasteiger partial charge >= 0.3 is 0 Å². The van der Waals surface area contributed by atoms with Crippen LogP contribution < -0.4 is 5.32 Å². The minimum absolute atomic E-state index is 0.0248. The number of nitrogens with one attached hydrogen (secondary N) is 2. The van der Waals surface area contributed by atoms with Crippen LogP contribution in [0, 0.1) is 12.7 Å². The van der Waals surface area contributed by atoms with E-state index in [-0.39, 0.29) is 23.1 Å². The molecule has 1 amide bonds. The standard InChI is InChI=1S/C24H19F3N4O2/c1-11-9-30-23-19(11)15(4-5-28-23)17-3-2-12(10-29-17)24(33)31-21-18(32)8-13-6-14(22(26)27)7-16(25)20(13)21/h2-7,9-10,18,21-22,32H,8H2,1H3,(H,28,30)(H,31,33). The molecule has 0 fully saturated rings. The van der Waals surface area contributed by atoms with Gasteiger partial charge in [-0.15, -0.1) is 0 Å². The van der Waals surface area contributed by atoms with E-state index < -0.39 is 35.9 Å². The van der Waals surface area contributed by atoms with Gasteiger partial charge in [-0.25, -0.2) is 18.2 Å². The van der Waals surface area contributed by atoms with Gasteiger partial charge < -0.3 is 15.4 Å². The number of nitrogens with zero attached hydrogens (tertiary/aromatic N) is 2. The molecule has 0 saturated heterocycles. The summed E-state index contributed by atoms with van der Waals surface area (Å²) < 4.78 is 40.5. The third-order valence-corrected chi connectivity index (χ3v) is 5.97. The Labute approximate surface area is 186 Å². The Bertz CT molecular complexity index is 1370. The van der Waals surface area contributed by atoms with Gasteiger partial charge in [0, 0.05) is 47.1 Å². The van der Waals surface area contributed by atoms with E-state index in [0.29, 0.717) is 5.69 Å². The number of fused-ring (bicyclic) bond motifs is 2. The maximum atomic E-state index is 14.5. The van der Waals surface area contributed by atoms with Gasteiger partial charge in [-0.1, -0.05) is 0 Å². The van der Waals surface area contributed by atoms with Gasteiger partial charge in [0.25, 0.3) is 12.3 Å². The monoisotopic (exact) mass is 452 g/mol. The third kappa shape index (κ3) is 3.64. The molecule has 9 heteroatoms. The Hall–Kier alpha value is -3.72. The summed E-state index contributed by atoms with van der Waals surface area (Å²) in [4.78, 5) is 24.6. The van der Waals surface area contributed by atoms with Crippen LogP contribution in [0.1, 0.15) is 45.1 Å². The van der Waals surface area contributed by atoms with Gasteiger partial charge in [-0.3, -0.25) is 9.78 Å². The van der Waals surface area contributed by atoms with Crippen LogP contribution in [-0.2, 0) is 6.42 Å². The second-order valence-electron chi connectivity index (χ2n) is 8.08. The lowest BCUT2D eigenvalue weighted by Crippen LogP contribution is -2.34. The largest absolute Gasteiger partial charge is 0.390 e. The molecule has 6 nitrogen and oxygen atoms in total. The molecule has 0 aliphatic heterocycles. The number of alkyl halides is 2. The van der Waals surface area contributed by atoms with E-state index in [4.69, 9.17) is 0 Å². The highest BCUT2D eigenvalue weighted by molar-refractivity contribution is 5.96. The molecule has 3 heterocycles. The summed E-state index contributed by atoms with van der Waals surface area (Å²) in [6.07, 6.45) is 0.956. The molecule has 0 saturated carbocycles. The molecule has 2 atom stereocenters. The fourth-order valence-corrected chi connectivity index (χ4v) is 4.39. The van der Waals surface area contributed by atoms with Crippen LogP contribution in [0.5, 0.6) is 0 Å². The molecule has 3 aromatic heterocycles. The number of aromatic amines is 1. The van der Waals surface area contributed by atoms with Crippen LogP contribution >= 0.6 is 0 Å². The zero-order valence-corrected chi connectivity index (χ0v) is 17.4. The summed E-state index contributed by atoms with van der Waals surface area (Å²) in [5.41, 5.74) is 3.34. The van der Waals surface area contributed by atoms with E-state index in [1.165, 1.54) is 12.3 Å². The van der Waals surface area contributed by atoms with Crippen molar-refractivity contribution in [1.82, 2.24) is 20.3 Å². The van der Waals surface area contributed by atoms with E-state index in [1.54, 1.807) is 18.3 Å². The number of benzene rings is 1. The number of rotatable bonds is 4. The Morgan fingerprint density at radius 1 is 1.24 bits per heavy atom. The van der Waals surface area contributed by atoms with Gasteiger partial charge in [-0.2, -0.15) is 0 Å². The van der Waals surface area contributed by atoms with Gasteiger partial charge in [-0.05, 0) is 48.4 Å². The first kappa shape index (κ1) is 21.1. The van der Waals surface area contributed by atoms with Crippen LogP contribution in [0.2, 0.25) is 0 Å². The van der Waals surface area contributed by atoms with Gasteiger partial charge in [0.1, 0.15) is 11.5 Å². The summed E-state index contributed by atoms with van der Waals surface area (Å²) in [6, 6.07) is 6.01. The predicted octanol–water partition coefficient (Wildman–Crippen LogP) is 4.40. The number of hydrogen-bond acceptors (Lipinski definition) is 4. The first-order valence-electron chi connectivity index (χ1n) is 10.3. The highest BCUT2D eigenvalue weighted by Crippen LogP contribution is 2.36. The molecule has 33 heavy (non-hydrogen) atoms. The van der Waals surface area contributed by atoms with Crippen molar-refractivity contribution in [3.63, 3.8) is 0 Å². The summed E-state index contributed by atoms with van der Waals surface area (Å²) in [5, 5.41) is 13.9. The van der Waals surface area contributed by atoms with Gasteiger partial charge in [0.05, 0.1) is 23.4 Å². The Morgan fingerprint density at radius 2 is 2.06 bits per heavy atom. The molecule has 4 aromatic rings. The summed E-state index contributed by atoms with van der Waals surface area (Å²) in [5.74, 6) is -1.43. The number of carbonyl (C=O) groups is 1. The number of amides is 1. The first-order valence-corrected chi connectivity index (χ1v) is 10.3. The third-order valence-electron chi connectivity index (χ3n) is 5.97. The number of aliphatic hydroxyl groups is 1. The number of aromatic nitrogens is 3. The maximum Gasteiger partial charge on any atom is 0.263 e. The fourth-order valence-electron chi connectivity index (χ4n) is 4.39. The molecule has 1 aromatic carbocycles. The van der Waals surface area contributed by atoms with Crippen molar-refractivity contribution in [2.24, 2.45) is 0 Å². The lowest BCUT2D eigenvalue weighted by atomic mass is 10.0. The summed E-state index contributed by atoms with van der Waals surface area (Å²) in [7, 11) is 0. The van der Waals surface area contributed by atoms with Crippen molar-refractivity contribution in [1.29, 1.82) is 0 Å². The van der Waals surface area contributed by atoms with Crippen molar-refractivity contribution in [2.45, 2.75) is 31.9 Å². The highest BCUT2D eigenvalue weighted by Gasteiger charge is 2.36. The number of carbonyl (C=O) groups excluding carboxylic acids is 1. The number of aliphatic hydroxyl groups excluding tert-OH is 1. The van der Waals surface area contributed by atoms with Gasteiger partial charge in [0.2, 0.25) is 0 Å². The number of halogens is 3. The summed E-state index contributed by atoms with van der Waals surface area (Å²) >= 11 is 0. The number of hydrogen-bond donors (Lipinski definition) is 3.